The van der Waals surface area contributed by atoms with Crippen LogP contribution in [0, 0.1) is 0 Å². The third-order valence-electron chi connectivity index (χ3n) is 3.56. The number of ether oxygens (including phenoxy) is 2. The minimum Gasteiger partial charge on any atom is -0.497 e. The zero-order chi connectivity index (χ0) is 16.9. The standard InChI is InChI=1S/C19H18N2O3/c1-3-24-18-7-5-4-6-16(18)21-19(22)17-10-8-13-12-14(23-2)9-11-15(13)20-17/h4-12H,3H2,1-2H3,(H,21,22). The molecule has 5 nitrogen and oxygen atoms in total. The molecule has 5 heteroatoms. The molecule has 24 heavy (non-hydrogen) atoms. The molecule has 1 N–H and O–H groups in total. The summed E-state index contributed by atoms with van der Waals surface area (Å²) in [5.41, 5.74) is 1.71. The Morgan fingerprint density at radius 3 is 2.75 bits per heavy atom. The van der Waals surface area contributed by atoms with Crippen LogP contribution in [-0.4, -0.2) is 24.6 Å². The molecule has 2 aromatic carbocycles. The van der Waals surface area contributed by atoms with Gasteiger partial charge >= 0.3 is 0 Å². The number of pyridine rings is 1. The van der Waals surface area contributed by atoms with Gasteiger partial charge in [0.15, 0.2) is 0 Å². The molecule has 3 aromatic rings. The predicted octanol–water partition coefficient (Wildman–Crippen LogP) is 3.89. The van der Waals surface area contributed by atoms with Gasteiger partial charge in [-0.2, -0.15) is 0 Å². The topological polar surface area (TPSA) is 60.5 Å². The smallest absolute Gasteiger partial charge is 0.274 e. The fraction of sp³-hybridized carbons (Fsp3) is 0.158. The lowest BCUT2D eigenvalue weighted by atomic mass is 10.2. The number of carbonyl (C=O) groups is 1. The van der Waals surface area contributed by atoms with Crippen molar-refractivity contribution in [2.75, 3.05) is 19.0 Å². The zero-order valence-corrected chi connectivity index (χ0v) is 13.6. The van der Waals surface area contributed by atoms with Crippen LogP contribution in [0.15, 0.2) is 54.6 Å². The molecule has 0 bridgehead atoms. The van der Waals surface area contributed by atoms with E-state index in [0.717, 1.165) is 16.7 Å². The predicted molar refractivity (Wildman–Crippen MR) is 93.9 cm³/mol. The molecule has 3 rings (SSSR count). The number of benzene rings is 2. The fourth-order valence-electron chi connectivity index (χ4n) is 2.39. The van der Waals surface area contributed by atoms with E-state index in [0.29, 0.717) is 23.7 Å². The number of anilines is 1. The van der Waals surface area contributed by atoms with Crippen molar-refractivity contribution in [3.05, 3.63) is 60.3 Å². The second kappa shape index (κ2) is 7.00. The van der Waals surface area contributed by atoms with Crippen LogP contribution >= 0.6 is 0 Å². The Bertz CT molecular complexity index is 877. The third kappa shape index (κ3) is 3.30. The number of para-hydroxylation sites is 2. The fourth-order valence-corrected chi connectivity index (χ4v) is 2.39. The van der Waals surface area contributed by atoms with Crippen LogP contribution in [0.25, 0.3) is 10.9 Å². The van der Waals surface area contributed by atoms with E-state index in [1.54, 1.807) is 19.2 Å². The molecule has 122 valence electrons. The number of nitrogens with zero attached hydrogens (tertiary/aromatic N) is 1. The number of methoxy groups -OCH3 is 1. The number of carbonyl (C=O) groups excluding carboxylic acids is 1. The Morgan fingerprint density at radius 2 is 1.96 bits per heavy atom. The highest BCUT2D eigenvalue weighted by Gasteiger charge is 2.11. The molecule has 0 unspecified atom stereocenters. The van der Waals surface area contributed by atoms with Gasteiger partial charge in [0, 0.05) is 5.39 Å². The molecular formula is C19H18N2O3. The van der Waals surface area contributed by atoms with E-state index in [2.05, 4.69) is 10.3 Å². The Morgan fingerprint density at radius 1 is 1.12 bits per heavy atom. The van der Waals surface area contributed by atoms with Crippen molar-refractivity contribution in [3.8, 4) is 11.5 Å². The minimum absolute atomic E-state index is 0.278. The molecule has 0 spiro atoms. The summed E-state index contributed by atoms with van der Waals surface area (Å²) in [6.07, 6.45) is 0. The maximum atomic E-state index is 12.5. The molecule has 0 aliphatic heterocycles. The van der Waals surface area contributed by atoms with Crippen molar-refractivity contribution in [1.82, 2.24) is 4.98 Å². The lowest BCUT2D eigenvalue weighted by molar-refractivity contribution is 0.102. The first-order valence-corrected chi connectivity index (χ1v) is 7.69. The van der Waals surface area contributed by atoms with Gasteiger partial charge in [0.2, 0.25) is 0 Å². The van der Waals surface area contributed by atoms with E-state index in [1.165, 1.54) is 0 Å². The van der Waals surface area contributed by atoms with Crippen LogP contribution in [0.3, 0.4) is 0 Å². The van der Waals surface area contributed by atoms with E-state index < -0.39 is 0 Å². The normalized spacial score (nSPS) is 10.4. The van der Waals surface area contributed by atoms with Gasteiger partial charge in [0.05, 0.1) is 24.9 Å². The van der Waals surface area contributed by atoms with E-state index in [-0.39, 0.29) is 5.91 Å². The van der Waals surface area contributed by atoms with Crippen LogP contribution in [0.1, 0.15) is 17.4 Å². The van der Waals surface area contributed by atoms with Gasteiger partial charge < -0.3 is 14.8 Å². The molecule has 1 heterocycles. The van der Waals surface area contributed by atoms with Crippen molar-refractivity contribution >= 4 is 22.5 Å². The number of amides is 1. The van der Waals surface area contributed by atoms with Crippen LogP contribution < -0.4 is 14.8 Å². The SMILES string of the molecule is CCOc1ccccc1NC(=O)c1ccc2cc(OC)ccc2n1. The van der Waals surface area contributed by atoms with Crippen molar-refractivity contribution in [2.45, 2.75) is 6.92 Å². The van der Waals surface area contributed by atoms with Crippen LogP contribution in [0.2, 0.25) is 0 Å². The number of hydrogen-bond donors (Lipinski definition) is 1. The van der Waals surface area contributed by atoms with E-state index in [1.807, 2.05) is 49.4 Å². The van der Waals surface area contributed by atoms with Crippen molar-refractivity contribution in [3.63, 3.8) is 0 Å². The van der Waals surface area contributed by atoms with E-state index in [9.17, 15) is 4.79 Å². The van der Waals surface area contributed by atoms with E-state index in [4.69, 9.17) is 9.47 Å². The molecule has 0 fully saturated rings. The Balaban J connectivity index is 1.86. The van der Waals surface area contributed by atoms with Gasteiger partial charge in [0.1, 0.15) is 17.2 Å². The second-order valence-electron chi connectivity index (χ2n) is 5.14. The number of fused-ring (bicyclic) bond motifs is 1. The van der Waals surface area contributed by atoms with Gasteiger partial charge in [-0.25, -0.2) is 4.98 Å². The summed E-state index contributed by atoms with van der Waals surface area (Å²) < 4.78 is 10.7. The van der Waals surface area contributed by atoms with Crippen LogP contribution in [0.5, 0.6) is 11.5 Å². The first-order valence-electron chi connectivity index (χ1n) is 7.69. The summed E-state index contributed by atoms with van der Waals surface area (Å²) >= 11 is 0. The van der Waals surface area contributed by atoms with Gasteiger partial charge in [-0.3, -0.25) is 4.79 Å². The first-order chi connectivity index (χ1) is 11.7. The monoisotopic (exact) mass is 322 g/mol. The van der Waals surface area contributed by atoms with Crippen molar-refractivity contribution < 1.29 is 14.3 Å². The lowest BCUT2D eigenvalue weighted by Crippen LogP contribution is -2.14. The largest absolute Gasteiger partial charge is 0.497 e. The maximum Gasteiger partial charge on any atom is 0.274 e. The number of rotatable bonds is 5. The molecule has 1 amide bonds. The minimum atomic E-state index is -0.278. The summed E-state index contributed by atoms with van der Waals surface area (Å²) in [5, 5.41) is 3.76. The summed E-state index contributed by atoms with van der Waals surface area (Å²) in [4.78, 5) is 16.9. The summed E-state index contributed by atoms with van der Waals surface area (Å²) in [6.45, 7) is 2.43. The third-order valence-corrected chi connectivity index (χ3v) is 3.56. The Hall–Kier alpha value is -3.08. The van der Waals surface area contributed by atoms with Gasteiger partial charge in [-0.05, 0) is 43.3 Å². The van der Waals surface area contributed by atoms with E-state index >= 15 is 0 Å². The number of nitrogens with one attached hydrogen (secondary N) is 1. The van der Waals surface area contributed by atoms with Gasteiger partial charge in [0.25, 0.3) is 5.91 Å². The molecule has 1 aromatic heterocycles. The van der Waals surface area contributed by atoms with Gasteiger partial charge in [-0.1, -0.05) is 18.2 Å². The molecule has 0 saturated carbocycles. The highest BCUT2D eigenvalue weighted by molar-refractivity contribution is 6.04. The molecular weight excluding hydrogens is 304 g/mol. The highest BCUT2D eigenvalue weighted by Crippen LogP contribution is 2.25. The number of hydrogen-bond acceptors (Lipinski definition) is 4. The van der Waals surface area contributed by atoms with Crippen LogP contribution in [-0.2, 0) is 0 Å². The molecule has 0 radical (unpaired) electrons. The summed E-state index contributed by atoms with van der Waals surface area (Å²) in [6, 6.07) is 16.4. The summed E-state index contributed by atoms with van der Waals surface area (Å²) in [5.74, 6) is 1.12. The molecule has 0 aliphatic rings. The Kier molecular flexibility index (Phi) is 4.61. The van der Waals surface area contributed by atoms with Crippen LogP contribution in [0.4, 0.5) is 5.69 Å². The van der Waals surface area contributed by atoms with Crippen molar-refractivity contribution in [2.24, 2.45) is 0 Å². The lowest BCUT2D eigenvalue weighted by Gasteiger charge is -2.11. The average Bonchev–Trinajstić information content (AvgIpc) is 2.62. The highest BCUT2D eigenvalue weighted by atomic mass is 16.5. The van der Waals surface area contributed by atoms with Crippen molar-refractivity contribution in [1.29, 1.82) is 0 Å². The second-order valence-corrected chi connectivity index (χ2v) is 5.14. The maximum absolute atomic E-state index is 12.5. The number of aromatic nitrogens is 1. The molecule has 0 saturated heterocycles. The zero-order valence-electron chi connectivity index (χ0n) is 13.6. The van der Waals surface area contributed by atoms with Gasteiger partial charge in [-0.15, -0.1) is 0 Å². The molecule has 0 atom stereocenters. The first kappa shape index (κ1) is 15.8. The summed E-state index contributed by atoms with van der Waals surface area (Å²) in [7, 11) is 1.62. The quantitative estimate of drug-likeness (QED) is 0.774. The average molecular weight is 322 g/mol. The molecule has 0 aliphatic carbocycles. The Labute approximate surface area is 140 Å².